The second kappa shape index (κ2) is 3.23. The summed E-state index contributed by atoms with van der Waals surface area (Å²) >= 11 is 0. The van der Waals surface area contributed by atoms with Crippen molar-refractivity contribution in [2.24, 2.45) is 5.41 Å². The predicted molar refractivity (Wildman–Crippen MR) is 53.8 cm³/mol. The van der Waals surface area contributed by atoms with E-state index in [0.29, 0.717) is 6.42 Å². The van der Waals surface area contributed by atoms with Crippen LogP contribution in [0.15, 0.2) is 0 Å². The average molecular weight is 197 g/mol. The second-order valence-corrected chi connectivity index (χ2v) is 4.97. The molecule has 1 saturated heterocycles. The van der Waals surface area contributed by atoms with Crippen molar-refractivity contribution in [3.8, 4) is 0 Å². The first-order valence-corrected chi connectivity index (χ1v) is 5.49. The van der Waals surface area contributed by atoms with Crippen molar-refractivity contribution in [3.05, 3.63) is 0 Å². The maximum Gasteiger partial charge on any atom is 0.222 e. The van der Waals surface area contributed by atoms with Gasteiger partial charge in [-0.1, -0.05) is 6.92 Å². The number of nitrogens with zero attached hydrogens (tertiary/aromatic N) is 1. The molecule has 1 saturated carbocycles. The molecule has 3 atom stereocenters. The van der Waals surface area contributed by atoms with Gasteiger partial charge in [0.15, 0.2) is 0 Å². The van der Waals surface area contributed by atoms with E-state index in [0.717, 1.165) is 25.7 Å². The van der Waals surface area contributed by atoms with Gasteiger partial charge in [0.1, 0.15) is 0 Å². The number of carbonyl (C=O) groups is 1. The van der Waals surface area contributed by atoms with E-state index >= 15 is 0 Å². The highest BCUT2D eigenvalue weighted by molar-refractivity contribution is 5.77. The van der Waals surface area contributed by atoms with Crippen LogP contribution in [0.5, 0.6) is 0 Å². The molecule has 1 aliphatic heterocycles. The zero-order chi connectivity index (χ0) is 10.3. The molecule has 0 aromatic heterocycles. The van der Waals surface area contributed by atoms with Crippen molar-refractivity contribution in [3.63, 3.8) is 0 Å². The minimum Gasteiger partial charge on any atom is -0.392 e. The summed E-state index contributed by atoms with van der Waals surface area (Å²) in [7, 11) is 1.88. The molecule has 1 N–H and O–H groups in total. The van der Waals surface area contributed by atoms with E-state index < -0.39 is 0 Å². The predicted octanol–water partition coefficient (Wildman–Crippen LogP) is 1.16. The van der Waals surface area contributed by atoms with E-state index in [-0.39, 0.29) is 23.5 Å². The lowest BCUT2D eigenvalue weighted by Gasteiger charge is -2.52. The van der Waals surface area contributed by atoms with Crippen molar-refractivity contribution in [2.75, 3.05) is 7.05 Å². The summed E-state index contributed by atoms with van der Waals surface area (Å²) in [5.41, 5.74) is -0.0547. The third-order valence-corrected chi connectivity index (χ3v) is 4.22. The summed E-state index contributed by atoms with van der Waals surface area (Å²) in [5.74, 6) is 0.238. The summed E-state index contributed by atoms with van der Waals surface area (Å²) in [6.07, 6.45) is 4.21. The number of piperidine rings is 1. The fraction of sp³-hybridized carbons (Fsp3) is 0.909. The van der Waals surface area contributed by atoms with Gasteiger partial charge in [0, 0.05) is 24.9 Å². The molecular weight excluding hydrogens is 178 g/mol. The van der Waals surface area contributed by atoms with Crippen LogP contribution < -0.4 is 0 Å². The molecule has 2 fully saturated rings. The van der Waals surface area contributed by atoms with E-state index in [2.05, 4.69) is 6.92 Å². The number of carbonyl (C=O) groups excluding carboxylic acids is 1. The summed E-state index contributed by atoms with van der Waals surface area (Å²) in [6, 6.07) is 0.257. The smallest absolute Gasteiger partial charge is 0.222 e. The Bertz CT molecular complexity index is 254. The third-order valence-electron chi connectivity index (χ3n) is 4.22. The maximum absolute atomic E-state index is 11.5. The van der Waals surface area contributed by atoms with Crippen LogP contribution in [0.25, 0.3) is 0 Å². The van der Waals surface area contributed by atoms with Gasteiger partial charge in [0.2, 0.25) is 5.91 Å². The van der Waals surface area contributed by atoms with Gasteiger partial charge in [-0.3, -0.25) is 4.79 Å². The third kappa shape index (κ3) is 1.26. The molecule has 2 rings (SSSR count). The van der Waals surface area contributed by atoms with Crippen LogP contribution in [0.4, 0.5) is 0 Å². The second-order valence-electron chi connectivity index (χ2n) is 4.97. The minimum atomic E-state index is -0.225. The molecule has 0 aromatic carbocycles. The quantitative estimate of drug-likeness (QED) is 0.633. The fourth-order valence-corrected chi connectivity index (χ4v) is 3.08. The van der Waals surface area contributed by atoms with Crippen molar-refractivity contribution < 1.29 is 9.90 Å². The van der Waals surface area contributed by atoms with Gasteiger partial charge >= 0.3 is 0 Å². The number of aliphatic hydroxyl groups excluding tert-OH is 1. The van der Waals surface area contributed by atoms with E-state index in [1.807, 2.05) is 11.9 Å². The lowest BCUT2D eigenvalue weighted by molar-refractivity contribution is -0.150. The molecule has 1 aliphatic carbocycles. The Kier molecular flexibility index (Phi) is 2.30. The maximum atomic E-state index is 11.5. The number of likely N-dealkylation sites (tertiary alicyclic amines) is 1. The van der Waals surface area contributed by atoms with E-state index in [9.17, 15) is 9.90 Å². The number of hydrogen-bond acceptors (Lipinski definition) is 2. The van der Waals surface area contributed by atoms with Gasteiger partial charge < -0.3 is 10.0 Å². The van der Waals surface area contributed by atoms with Gasteiger partial charge in [-0.05, 0) is 25.7 Å². The molecule has 0 spiro atoms. The number of rotatable bonds is 0. The Morgan fingerprint density at radius 3 is 2.93 bits per heavy atom. The molecule has 2 aliphatic rings. The van der Waals surface area contributed by atoms with Crippen molar-refractivity contribution >= 4 is 5.91 Å². The summed E-state index contributed by atoms with van der Waals surface area (Å²) in [4.78, 5) is 13.4. The molecular formula is C11H19NO2. The SMILES string of the molecule is CN1C(=O)CC[C@]2(C)[C@@H](O)CCC[C@@H]12. The fourth-order valence-electron chi connectivity index (χ4n) is 3.08. The van der Waals surface area contributed by atoms with Crippen molar-refractivity contribution in [1.82, 2.24) is 4.90 Å². The lowest BCUT2D eigenvalue weighted by atomic mass is 9.64. The molecule has 0 unspecified atom stereocenters. The average Bonchev–Trinajstić information content (AvgIpc) is 2.16. The van der Waals surface area contributed by atoms with Gasteiger partial charge in [-0.15, -0.1) is 0 Å². The molecule has 80 valence electrons. The summed E-state index contributed by atoms with van der Waals surface area (Å²) < 4.78 is 0. The largest absolute Gasteiger partial charge is 0.392 e. The molecule has 3 nitrogen and oxygen atoms in total. The Labute approximate surface area is 85.1 Å². The monoisotopic (exact) mass is 197 g/mol. The number of fused-ring (bicyclic) bond motifs is 1. The Morgan fingerprint density at radius 2 is 2.21 bits per heavy atom. The van der Waals surface area contributed by atoms with Crippen molar-refractivity contribution in [2.45, 2.75) is 51.2 Å². The number of aliphatic hydroxyl groups is 1. The number of amides is 1. The number of hydrogen-bond donors (Lipinski definition) is 1. The standard InChI is InChI=1S/C11H19NO2/c1-11-7-6-10(14)12(2)8(11)4-3-5-9(11)13/h8-9,13H,3-7H2,1-2H3/t8-,9+,11+/m1/s1. The first-order chi connectivity index (χ1) is 6.55. The zero-order valence-electron chi connectivity index (χ0n) is 8.99. The van der Waals surface area contributed by atoms with Crippen LogP contribution in [0.3, 0.4) is 0 Å². The van der Waals surface area contributed by atoms with Crippen LogP contribution in [0.2, 0.25) is 0 Å². The van der Waals surface area contributed by atoms with Crippen LogP contribution in [-0.2, 0) is 4.79 Å². The normalized spacial score (nSPS) is 43.6. The van der Waals surface area contributed by atoms with Gasteiger partial charge in [0.25, 0.3) is 0 Å². The first-order valence-electron chi connectivity index (χ1n) is 5.49. The van der Waals surface area contributed by atoms with E-state index in [1.54, 1.807) is 0 Å². The molecule has 1 amide bonds. The van der Waals surface area contributed by atoms with Crippen LogP contribution >= 0.6 is 0 Å². The van der Waals surface area contributed by atoms with Crippen LogP contribution in [0.1, 0.15) is 39.0 Å². The first kappa shape index (κ1) is 9.97. The van der Waals surface area contributed by atoms with Gasteiger partial charge in [-0.2, -0.15) is 0 Å². The molecule has 0 bridgehead atoms. The molecule has 1 heterocycles. The Balaban J connectivity index is 2.25. The molecule has 14 heavy (non-hydrogen) atoms. The molecule has 3 heteroatoms. The molecule has 0 radical (unpaired) electrons. The van der Waals surface area contributed by atoms with Gasteiger partial charge in [-0.25, -0.2) is 0 Å². The Hall–Kier alpha value is -0.570. The highest BCUT2D eigenvalue weighted by Gasteiger charge is 2.48. The van der Waals surface area contributed by atoms with Crippen molar-refractivity contribution in [1.29, 1.82) is 0 Å². The molecule has 0 aromatic rings. The lowest BCUT2D eigenvalue weighted by Crippen LogP contribution is -2.58. The highest BCUT2D eigenvalue weighted by Crippen LogP contribution is 2.45. The van der Waals surface area contributed by atoms with Crippen LogP contribution in [0, 0.1) is 5.41 Å². The summed E-state index contributed by atoms with van der Waals surface area (Å²) in [5, 5.41) is 10.0. The van der Waals surface area contributed by atoms with Gasteiger partial charge in [0.05, 0.1) is 6.10 Å². The summed E-state index contributed by atoms with van der Waals surface area (Å²) in [6.45, 7) is 2.13. The minimum absolute atomic E-state index is 0.0547. The van der Waals surface area contributed by atoms with E-state index in [4.69, 9.17) is 0 Å². The van der Waals surface area contributed by atoms with E-state index in [1.165, 1.54) is 0 Å². The Morgan fingerprint density at radius 1 is 1.50 bits per heavy atom. The highest BCUT2D eigenvalue weighted by atomic mass is 16.3. The zero-order valence-corrected chi connectivity index (χ0v) is 8.99. The topological polar surface area (TPSA) is 40.5 Å². The van der Waals surface area contributed by atoms with Crippen LogP contribution in [-0.4, -0.2) is 35.1 Å².